The van der Waals surface area contributed by atoms with Crippen molar-refractivity contribution in [1.29, 1.82) is 0 Å². The van der Waals surface area contributed by atoms with Crippen LogP contribution < -0.4 is 31.2 Å². The average molecular weight is 551 g/mol. The van der Waals surface area contributed by atoms with Crippen molar-refractivity contribution in [3.05, 3.63) is 65.7 Å². The molecule has 0 aliphatic heterocycles. The van der Waals surface area contributed by atoms with Crippen LogP contribution >= 0.6 is 0 Å². The van der Waals surface area contributed by atoms with E-state index in [2.05, 4.69) is 16.0 Å². The molecule has 3 aromatic carbocycles. The molecule has 0 aromatic heterocycles. The Morgan fingerprint density at radius 2 is 1.65 bits per heavy atom. The number of hydrogen-bond acceptors (Lipinski definition) is 7. The monoisotopic (exact) mass is 550 g/mol. The van der Waals surface area contributed by atoms with Gasteiger partial charge in [0.25, 0.3) is 5.91 Å². The van der Waals surface area contributed by atoms with E-state index in [0.717, 1.165) is 16.3 Å². The molecular weight excluding hydrogens is 512 g/mol. The zero-order chi connectivity index (χ0) is 29.3. The van der Waals surface area contributed by atoms with Gasteiger partial charge in [-0.25, -0.2) is 4.79 Å². The molecule has 214 valence electrons. The Labute approximate surface area is 234 Å². The van der Waals surface area contributed by atoms with Crippen molar-refractivity contribution in [3.8, 4) is 11.5 Å². The Kier molecular flexibility index (Phi) is 10.2. The summed E-state index contributed by atoms with van der Waals surface area (Å²) in [4.78, 5) is 38.7. The van der Waals surface area contributed by atoms with Crippen LogP contribution in [0.15, 0.2) is 54.6 Å². The van der Waals surface area contributed by atoms with Gasteiger partial charge in [0.15, 0.2) is 0 Å². The lowest BCUT2D eigenvalue weighted by molar-refractivity contribution is -0.123. The number of nitrogens with one attached hydrogen (secondary N) is 3. The van der Waals surface area contributed by atoms with E-state index in [1.165, 1.54) is 7.11 Å². The predicted octanol–water partition coefficient (Wildman–Crippen LogP) is 4.16. The number of rotatable bonds is 11. The van der Waals surface area contributed by atoms with Gasteiger partial charge in [-0.2, -0.15) is 0 Å². The van der Waals surface area contributed by atoms with Crippen molar-refractivity contribution in [3.63, 3.8) is 0 Å². The van der Waals surface area contributed by atoms with E-state index in [0.29, 0.717) is 23.6 Å². The molecule has 1 atom stereocenters. The molecule has 0 saturated heterocycles. The Morgan fingerprint density at radius 1 is 0.925 bits per heavy atom. The summed E-state index contributed by atoms with van der Waals surface area (Å²) in [7, 11) is 3.05. The van der Waals surface area contributed by atoms with Crippen LogP contribution in [0.5, 0.6) is 11.5 Å². The second-order valence-electron chi connectivity index (χ2n) is 10.3. The van der Waals surface area contributed by atoms with Crippen molar-refractivity contribution in [2.75, 3.05) is 26.5 Å². The highest BCUT2D eigenvalue weighted by Gasteiger charge is 2.24. The fourth-order valence-corrected chi connectivity index (χ4v) is 4.13. The first-order valence-corrected chi connectivity index (χ1v) is 13.1. The van der Waals surface area contributed by atoms with E-state index in [9.17, 15) is 14.4 Å². The minimum Gasteiger partial charge on any atom is -0.496 e. The number of nitrogen functional groups attached to an aromatic ring is 1. The van der Waals surface area contributed by atoms with Gasteiger partial charge in [-0.3, -0.25) is 9.59 Å². The molecule has 3 rings (SSSR count). The van der Waals surface area contributed by atoms with Crippen LogP contribution in [0.25, 0.3) is 10.8 Å². The van der Waals surface area contributed by atoms with Gasteiger partial charge in [0.1, 0.15) is 23.1 Å². The zero-order valence-corrected chi connectivity index (χ0v) is 23.6. The summed E-state index contributed by atoms with van der Waals surface area (Å²) in [5.41, 5.74) is 6.93. The molecule has 3 amide bonds. The molecule has 10 nitrogen and oxygen atoms in total. The van der Waals surface area contributed by atoms with E-state index >= 15 is 0 Å². The van der Waals surface area contributed by atoms with Crippen molar-refractivity contribution in [1.82, 2.24) is 16.0 Å². The average Bonchev–Trinajstić information content (AvgIpc) is 2.91. The van der Waals surface area contributed by atoms with Gasteiger partial charge in [-0.1, -0.05) is 24.3 Å². The molecule has 40 heavy (non-hydrogen) atoms. The summed E-state index contributed by atoms with van der Waals surface area (Å²) in [5.74, 6) is 0.166. The number of hydrogen-bond donors (Lipinski definition) is 4. The molecular formula is C30H38N4O6. The number of carbonyl (C=O) groups excluding carboxylic acids is 3. The smallest absolute Gasteiger partial charge is 0.407 e. The van der Waals surface area contributed by atoms with Gasteiger partial charge in [0.2, 0.25) is 5.91 Å². The fraction of sp³-hybridized carbons (Fsp3) is 0.367. The summed E-state index contributed by atoms with van der Waals surface area (Å²) in [6.07, 6.45) is 0.145. The molecule has 0 fully saturated rings. The minimum atomic E-state index is -0.875. The number of ether oxygens (including phenoxy) is 3. The lowest BCUT2D eigenvalue weighted by Crippen LogP contribution is -2.47. The zero-order valence-electron chi connectivity index (χ0n) is 23.6. The highest BCUT2D eigenvalue weighted by atomic mass is 16.6. The largest absolute Gasteiger partial charge is 0.496 e. The normalized spacial score (nSPS) is 11.8. The quantitative estimate of drug-likeness (QED) is 0.208. The topological polar surface area (TPSA) is 141 Å². The molecule has 0 radical (unpaired) electrons. The Balaban J connectivity index is 1.76. The first kappa shape index (κ1) is 30.1. The van der Waals surface area contributed by atoms with E-state index in [4.69, 9.17) is 19.9 Å². The molecule has 10 heteroatoms. The predicted molar refractivity (Wildman–Crippen MR) is 154 cm³/mol. The van der Waals surface area contributed by atoms with Crippen LogP contribution in [0.1, 0.15) is 49.5 Å². The van der Waals surface area contributed by atoms with E-state index < -0.39 is 23.6 Å². The van der Waals surface area contributed by atoms with Gasteiger partial charge in [-0.05, 0) is 74.9 Å². The molecule has 0 aliphatic carbocycles. The van der Waals surface area contributed by atoms with Crippen LogP contribution in [0, 0.1) is 0 Å². The minimum absolute atomic E-state index is 0.242. The van der Waals surface area contributed by atoms with Crippen LogP contribution in [-0.4, -0.2) is 50.3 Å². The van der Waals surface area contributed by atoms with E-state index in [-0.39, 0.29) is 31.0 Å². The van der Waals surface area contributed by atoms with Crippen LogP contribution in [-0.2, 0) is 16.1 Å². The SMILES string of the molecule is COc1cc2c(OC)cccc2cc1C(=O)NC(CCCNC(=O)OC(C)(C)C)C(=O)NCc1cccc(N)c1. The van der Waals surface area contributed by atoms with Gasteiger partial charge in [0.05, 0.1) is 19.8 Å². The second-order valence-corrected chi connectivity index (χ2v) is 10.3. The maximum atomic E-state index is 13.4. The van der Waals surface area contributed by atoms with Crippen molar-refractivity contribution >= 4 is 34.4 Å². The lowest BCUT2D eigenvalue weighted by atomic mass is 10.0. The Morgan fingerprint density at radius 3 is 2.33 bits per heavy atom. The maximum absolute atomic E-state index is 13.4. The number of alkyl carbamates (subject to hydrolysis) is 1. The molecule has 0 spiro atoms. The number of fused-ring (bicyclic) bond motifs is 1. The number of carbonyl (C=O) groups is 3. The molecule has 5 N–H and O–H groups in total. The third kappa shape index (κ3) is 8.52. The molecule has 0 aliphatic rings. The summed E-state index contributed by atoms with van der Waals surface area (Å²) < 4.78 is 16.2. The highest BCUT2D eigenvalue weighted by Crippen LogP contribution is 2.32. The van der Waals surface area contributed by atoms with E-state index in [1.807, 2.05) is 24.3 Å². The van der Waals surface area contributed by atoms with Crippen molar-refractivity contribution < 1.29 is 28.6 Å². The van der Waals surface area contributed by atoms with Gasteiger partial charge < -0.3 is 35.9 Å². The third-order valence-electron chi connectivity index (χ3n) is 6.00. The van der Waals surface area contributed by atoms with E-state index in [1.54, 1.807) is 58.2 Å². The molecule has 0 heterocycles. The molecule has 1 unspecified atom stereocenters. The van der Waals surface area contributed by atoms with Crippen molar-refractivity contribution in [2.24, 2.45) is 0 Å². The second kappa shape index (κ2) is 13.5. The lowest BCUT2D eigenvalue weighted by Gasteiger charge is -2.21. The van der Waals surface area contributed by atoms with Gasteiger partial charge >= 0.3 is 6.09 Å². The summed E-state index contributed by atoms with van der Waals surface area (Å²) in [5, 5.41) is 9.97. The standard InChI is InChI=1S/C30H38N4O6/c1-30(2,3)40-29(37)32-14-8-12-24(28(36)33-18-19-9-6-11-21(31)15-19)34-27(35)23-16-20-10-7-13-25(38-4)22(20)17-26(23)39-5/h6-7,9-11,13,15-17,24H,8,12,14,18,31H2,1-5H3,(H,32,37)(H,33,36)(H,34,35). The summed E-state index contributed by atoms with van der Waals surface area (Å²) in [6, 6.07) is 15.3. The number of methoxy groups -OCH3 is 2. The third-order valence-corrected chi connectivity index (χ3v) is 6.00. The molecule has 0 bridgehead atoms. The fourth-order valence-electron chi connectivity index (χ4n) is 4.13. The number of benzene rings is 3. The Hall–Kier alpha value is -4.47. The van der Waals surface area contributed by atoms with Crippen LogP contribution in [0.3, 0.4) is 0 Å². The van der Waals surface area contributed by atoms with Crippen molar-refractivity contribution in [2.45, 2.75) is 51.8 Å². The number of nitrogens with two attached hydrogens (primary N) is 1. The number of anilines is 1. The van der Waals surface area contributed by atoms with Crippen LogP contribution in [0.4, 0.5) is 10.5 Å². The molecule has 0 saturated carbocycles. The first-order valence-electron chi connectivity index (χ1n) is 13.1. The highest BCUT2D eigenvalue weighted by molar-refractivity contribution is 6.04. The first-order chi connectivity index (χ1) is 19.0. The number of amides is 3. The van der Waals surface area contributed by atoms with Crippen LogP contribution in [0.2, 0.25) is 0 Å². The Bertz CT molecular complexity index is 1350. The maximum Gasteiger partial charge on any atom is 0.407 e. The summed E-state index contributed by atoms with van der Waals surface area (Å²) in [6.45, 7) is 5.84. The van der Waals surface area contributed by atoms with Gasteiger partial charge in [-0.15, -0.1) is 0 Å². The summed E-state index contributed by atoms with van der Waals surface area (Å²) >= 11 is 0. The van der Waals surface area contributed by atoms with Gasteiger partial charge in [0, 0.05) is 24.2 Å². The molecule has 3 aromatic rings.